The summed E-state index contributed by atoms with van der Waals surface area (Å²) in [5.41, 5.74) is 3.13. The van der Waals surface area contributed by atoms with Crippen LogP contribution in [0, 0.1) is 25.7 Å². The van der Waals surface area contributed by atoms with Gasteiger partial charge in [0.15, 0.2) is 5.78 Å². The second-order valence-corrected chi connectivity index (χ2v) is 6.41. The van der Waals surface area contributed by atoms with Crippen LogP contribution in [0.1, 0.15) is 42.0 Å². The fraction of sp³-hybridized carbons (Fsp3) is 0.688. The molecule has 106 valence electrons. The van der Waals surface area contributed by atoms with E-state index in [2.05, 4.69) is 30.2 Å². The smallest absolute Gasteiger partial charge is 0.178 e. The zero-order valence-corrected chi connectivity index (χ0v) is 12.9. The summed E-state index contributed by atoms with van der Waals surface area (Å²) in [6, 6.07) is 2.02. The summed E-state index contributed by atoms with van der Waals surface area (Å²) in [6.07, 6.45) is 1.29. The van der Waals surface area contributed by atoms with Gasteiger partial charge in [0.05, 0.1) is 6.54 Å². The number of aromatic nitrogens is 1. The Bertz CT molecular complexity index is 465. The summed E-state index contributed by atoms with van der Waals surface area (Å²) in [7, 11) is 2.02. The van der Waals surface area contributed by atoms with Gasteiger partial charge in [-0.3, -0.25) is 9.69 Å². The Morgan fingerprint density at radius 2 is 1.84 bits per heavy atom. The third-order valence-electron chi connectivity index (χ3n) is 4.39. The normalized spacial score (nSPS) is 24.7. The minimum Gasteiger partial charge on any atom is -0.351 e. The quantitative estimate of drug-likeness (QED) is 0.783. The average molecular weight is 262 g/mol. The van der Waals surface area contributed by atoms with Gasteiger partial charge in [-0.15, -0.1) is 0 Å². The highest BCUT2D eigenvalue weighted by molar-refractivity contribution is 5.99. The highest BCUT2D eigenvalue weighted by Crippen LogP contribution is 2.22. The largest absolute Gasteiger partial charge is 0.351 e. The van der Waals surface area contributed by atoms with Gasteiger partial charge >= 0.3 is 0 Å². The maximum Gasteiger partial charge on any atom is 0.178 e. The van der Waals surface area contributed by atoms with Crippen LogP contribution in [-0.2, 0) is 7.05 Å². The van der Waals surface area contributed by atoms with Crippen LogP contribution in [0.2, 0.25) is 0 Å². The zero-order valence-electron chi connectivity index (χ0n) is 12.9. The molecule has 19 heavy (non-hydrogen) atoms. The fourth-order valence-corrected chi connectivity index (χ4v) is 3.35. The van der Waals surface area contributed by atoms with Gasteiger partial charge in [-0.25, -0.2) is 0 Å². The number of carbonyl (C=O) groups is 1. The van der Waals surface area contributed by atoms with Crippen molar-refractivity contribution in [2.75, 3.05) is 19.6 Å². The van der Waals surface area contributed by atoms with Crippen LogP contribution in [0.4, 0.5) is 0 Å². The monoisotopic (exact) mass is 262 g/mol. The third-order valence-corrected chi connectivity index (χ3v) is 4.39. The number of hydrogen-bond acceptors (Lipinski definition) is 2. The van der Waals surface area contributed by atoms with Crippen molar-refractivity contribution in [1.29, 1.82) is 0 Å². The SMILES string of the molecule is Cc1cc(C(=O)CN2CC(C)CC(C)C2)c(C)n1C. The standard InChI is InChI=1S/C16H26N2O/c1-11-6-12(2)9-18(8-11)10-16(19)15-7-13(3)17(5)14(15)4/h7,11-12H,6,8-10H2,1-5H3. The van der Waals surface area contributed by atoms with Crippen molar-refractivity contribution in [2.45, 2.75) is 34.1 Å². The zero-order chi connectivity index (χ0) is 14.2. The number of hydrogen-bond donors (Lipinski definition) is 0. The Kier molecular flexibility index (Phi) is 4.14. The van der Waals surface area contributed by atoms with E-state index in [0.29, 0.717) is 18.4 Å². The number of Topliss-reactive ketones (excluding diaryl/α,β-unsaturated/α-hetero) is 1. The molecular formula is C16H26N2O. The summed E-state index contributed by atoms with van der Waals surface area (Å²) < 4.78 is 2.09. The van der Waals surface area contributed by atoms with Gasteiger partial charge in [-0.1, -0.05) is 13.8 Å². The highest BCUT2D eigenvalue weighted by atomic mass is 16.1. The van der Waals surface area contributed by atoms with Gasteiger partial charge in [0.25, 0.3) is 0 Å². The maximum absolute atomic E-state index is 12.5. The Hall–Kier alpha value is -1.09. The number of rotatable bonds is 3. The van der Waals surface area contributed by atoms with Gasteiger partial charge < -0.3 is 4.57 Å². The summed E-state index contributed by atoms with van der Waals surface area (Å²) in [4.78, 5) is 14.8. The molecule has 0 N–H and O–H groups in total. The van der Waals surface area contributed by atoms with E-state index in [0.717, 1.165) is 30.0 Å². The number of aryl methyl sites for hydroxylation is 1. The molecule has 2 heterocycles. The predicted octanol–water partition coefficient (Wildman–Crippen LogP) is 2.80. The molecule has 3 nitrogen and oxygen atoms in total. The van der Waals surface area contributed by atoms with Crippen molar-refractivity contribution in [3.63, 3.8) is 0 Å². The van der Waals surface area contributed by atoms with E-state index in [4.69, 9.17) is 0 Å². The summed E-state index contributed by atoms with van der Waals surface area (Å²) in [6.45, 7) is 11.3. The molecule has 0 aliphatic carbocycles. The number of carbonyl (C=O) groups excluding carboxylic acids is 1. The van der Waals surface area contributed by atoms with Gasteiger partial charge in [-0.2, -0.15) is 0 Å². The molecule has 2 rings (SSSR count). The van der Waals surface area contributed by atoms with Crippen LogP contribution in [0.25, 0.3) is 0 Å². The van der Waals surface area contributed by atoms with Crippen molar-refractivity contribution >= 4 is 5.78 Å². The molecule has 1 aromatic rings. The third kappa shape index (κ3) is 3.08. The first kappa shape index (κ1) is 14.3. The van der Waals surface area contributed by atoms with Gasteiger partial charge in [-0.05, 0) is 38.2 Å². The van der Waals surface area contributed by atoms with E-state index in [1.165, 1.54) is 6.42 Å². The van der Waals surface area contributed by atoms with E-state index in [1.807, 2.05) is 20.0 Å². The first-order valence-corrected chi connectivity index (χ1v) is 7.27. The van der Waals surface area contributed by atoms with E-state index in [9.17, 15) is 4.79 Å². The molecule has 0 saturated carbocycles. The molecule has 1 aliphatic heterocycles. The van der Waals surface area contributed by atoms with Gasteiger partial charge in [0.1, 0.15) is 0 Å². The molecule has 2 atom stereocenters. The second kappa shape index (κ2) is 5.49. The van der Waals surface area contributed by atoms with Crippen molar-refractivity contribution in [3.05, 3.63) is 23.0 Å². The summed E-state index contributed by atoms with van der Waals surface area (Å²) >= 11 is 0. The summed E-state index contributed by atoms with van der Waals surface area (Å²) in [5, 5.41) is 0. The molecular weight excluding hydrogens is 236 g/mol. The second-order valence-electron chi connectivity index (χ2n) is 6.41. The topological polar surface area (TPSA) is 25.2 Å². The molecule has 1 aromatic heterocycles. The first-order chi connectivity index (χ1) is 8.88. The fourth-order valence-electron chi connectivity index (χ4n) is 3.35. The average Bonchev–Trinajstić information content (AvgIpc) is 2.55. The minimum absolute atomic E-state index is 0.266. The number of ketones is 1. The maximum atomic E-state index is 12.5. The molecule has 0 spiro atoms. The van der Waals surface area contributed by atoms with Crippen LogP contribution in [0.3, 0.4) is 0 Å². The molecule has 1 saturated heterocycles. The van der Waals surface area contributed by atoms with E-state index in [-0.39, 0.29) is 5.78 Å². The lowest BCUT2D eigenvalue weighted by Crippen LogP contribution is -2.41. The van der Waals surface area contributed by atoms with Crippen LogP contribution in [-0.4, -0.2) is 34.9 Å². The minimum atomic E-state index is 0.266. The lowest BCUT2D eigenvalue weighted by molar-refractivity contribution is 0.0849. The molecule has 0 amide bonds. The van der Waals surface area contributed by atoms with E-state index < -0.39 is 0 Å². The van der Waals surface area contributed by atoms with Crippen LogP contribution >= 0.6 is 0 Å². The van der Waals surface area contributed by atoms with E-state index >= 15 is 0 Å². The molecule has 3 heteroatoms. The molecule has 2 unspecified atom stereocenters. The van der Waals surface area contributed by atoms with E-state index in [1.54, 1.807) is 0 Å². The van der Waals surface area contributed by atoms with Crippen LogP contribution in [0.5, 0.6) is 0 Å². The molecule has 1 fully saturated rings. The molecule has 1 aliphatic rings. The molecule has 0 aromatic carbocycles. The molecule has 0 radical (unpaired) electrons. The van der Waals surface area contributed by atoms with Crippen molar-refractivity contribution < 1.29 is 4.79 Å². The Balaban J connectivity index is 2.06. The Labute approximate surface area is 116 Å². The highest BCUT2D eigenvalue weighted by Gasteiger charge is 2.24. The van der Waals surface area contributed by atoms with Gasteiger partial charge in [0.2, 0.25) is 0 Å². The summed E-state index contributed by atoms with van der Waals surface area (Å²) in [5.74, 6) is 1.67. The van der Waals surface area contributed by atoms with Crippen LogP contribution in [0.15, 0.2) is 6.07 Å². The van der Waals surface area contributed by atoms with Gasteiger partial charge in [0, 0.05) is 37.1 Å². The Morgan fingerprint density at radius 3 is 2.32 bits per heavy atom. The predicted molar refractivity (Wildman–Crippen MR) is 78.6 cm³/mol. The lowest BCUT2D eigenvalue weighted by atomic mass is 9.91. The number of piperidine rings is 1. The van der Waals surface area contributed by atoms with Crippen molar-refractivity contribution in [2.24, 2.45) is 18.9 Å². The Morgan fingerprint density at radius 1 is 1.26 bits per heavy atom. The number of nitrogens with zero attached hydrogens (tertiary/aromatic N) is 2. The number of likely N-dealkylation sites (tertiary alicyclic amines) is 1. The molecule has 0 bridgehead atoms. The van der Waals surface area contributed by atoms with Crippen molar-refractivity contribution in [3.8, 4) is 0 Å². The van der Waals surface area contributed by atoms with Crippen molar-refractivity contribution in [1.82, 2.24) is 9.47 Å². The van der Waals surface area contributed by atoms with Crippen LogP contribution < -0.4 is 0 Å². The lowest BCUT2D eigenvalue weighted by Gasteiger charge is -2.34. The first-order valence-electron chi connectivity index (χ1n) is 7.27.